The zero-order valence-electron chi connectivity index (χ0n) is 17.0. The molecule has 0 spiro atoms. The van der Waals surface area contributed by atoms with E-state index in [1.54, 1.807) is 0 Å². The van der Waals surface area contributed by atoms with Crippen LogP contribution < -0.4 is 4.74 Å². The van der Waals surface area contributed by atoms with Gasteiger partial charge in [-0.05, 0) is 49.6 Å². The van der Waals surface area contributed by atoms with Gasteiger partial charge in [-0.2, -0.15) is 0 Å². The van der Waals surface area contributed by atoms with Gasteiger partial charge in [-0.25, -0.2) is 9.97 Å². The molecule has 148 valence electrons. The van der Waals surface area contributed by atoms with Crippen LogP contribution in [0.4, 0.5) is 0 Å². The minimum absolute atomic E-state index is 0.566. The van der Waals surface area contributed by atoms with Crippen molar-refractivity contribution in [2.75, 3.05) is 19.8 Å². The Hall–Kier alpha value is -1.94. The fraction of sp³-hybridized carbons (Fsp3) is 0.565. The van der Waals surface area contributed by atoms with E-state index < -0.39 is 0 Å². The number of hydrogen-bond donors (Lipinski definition) is 0. The van der Waals surface area contributed by atoms with Crippen LogP contribution in [0.3, 0.4) is 0 Å². The zero-order chi connectivity index (χ0) is 19.2. The largest absolute Gasteiger partial charge is 0.491 e. The topological polar surface area (TPSA) is 44.2 Å². The summed E-state index contributed by atoms with van der Waals surface area (Å²) >= 11 is 0. The fourth-order valence-electron chi connectivity index (χ4n) is 2.98. The minimum atomic E-state index is 0.566. The maximum Gasteiger partial charge on any atom is 0.159 e. The van der Waals surface area contributed by atoms with Crippen molar-refractivity contribution in [2.24, 2.45) is 0 Å². The molecule has 0 atom stereocenters. The van der Waals surface area contributed by atoms with Gasteiger partial charge in [0.15, 0.2) is 5.82 Å². The van der Waals surface area contributed by atoms with Crippen molar-refractivity contribution >= 4 is 0 Å². The first kappa shape index (κ1) is 21.4. The van der Waals surface area contributed by atoms with E-state index >= 15 is 0 Å². The summed E-state index contributed by atoms with van der Waals surface area (Å²) in [5, 5.41) is 0. The normalized spacial score (nSPS) is 10.9. The quantitative estimate of drug-likeness (QED) is 0.391. The Morgan fingerprint density at radius 2 is 1.44 bits per heavy atom. The molecule has 0 aliphatic carbocycles. The summed E-state index contributed by atoms with van der Waals surface area (Å²) in [7, 11) is 0. The monoisotopic (exact) mass is 370 g/mol. The van der Waals surface area contributed by atoms with Crippen LogP contribution in [0.25, 0.3) is 11.4 Å². The molecule has 4 heteroatoms. The van der Waals surface area contributed by atoms with Gasteiger partial charge in [0.05, 0.1) is 6.61 Å². The number of nitrogens with zero attached hydrogens (tertiary/aromatic N) is 2. The molecule has 1 aromatic carbocycles. The maximum absolute atomic E-state index is 5.64. The zero-order valence-corrected chi connectivity index (χ0v) is 17.0. The standard InChI is InChI=1S/C23H34N2O2/c1-3-5-6-7-8-9-10-11-20-18-24-23(25-19-20)21-12-14-22(15-13-21)27-17-16-26-4-2/h12-15,18-19H,3-11,16-17H2,1-2H3. The molecule has 0 bridgehead atoms. The number of aromatic nitrogens is 2. The average Bonchev–Trinajstić information content (AvgIpc) is 2.71. The summed E-state index contributed by atoms with van der Waals surface area (Å²) in [6, 6.07) is 7.91. The molecule has 27 heavy (non-hydrogen) atoms. The lowest BCUT2D eigenvalue weighted by Crippen LogP contribution is -2.06. The summed E-state index contributed by atoms with van der Waals surface area (Å²) in [5.41, 5.74) is 2.23. The molecule has 1 heterocycles. The summed E-state index contributed by atoms with van der Waals surface area (Å²) in [6.07, 6.45) is 14.3. The Kier molecular flexibility index (Phi) is 10.5. The van der Waals surface area contributed by atoms with E-state index in [0.29, 0.717) is 19.8 Å². The van der Waals surface area contributed by atoms with E-state index in [1.165, 1.54) is 50.5 Å². The second kappa shape index (κ2) is 13.3. The molecule has 0 fully saturated rings. The van der Waals surface area contributed by atoms with Gasteiger partial charge in [0.2, 0.25) is 0 Å². The van der Waals surface area contributed by atoms with E-state index in [2.05, 4.69) is 16.9 Å². The lowest BCUT2D eigenvalue weighted by Gasteiger charge is -2.07. The number of hydrogen-bond acceptors (Lipinski definition) is 4. The molecule has 0 saturated heterocycles. The van der Waals surface area contributed by atoms with Gasteiger partial charge in [0.1, 0.15) is 12.4 Å². The molecule has 0 amide bonds. The van der Waals surface area contributed by atoms with Crippen molar-refractivity contribution in [2.45, 2.75) is 65.2 Å². The summed E-state index contributed by atoms with van der Waals surface area (Å²) < 4.78 is 10.9. The van der Waals surface area contributed by atoms with Crippen LogP contribution in [0.2, 0.25) is 0 Å². The third kappa shape index (κ3) is 8.53. The summed E-state index contributed by atoms with van der Waals surface area (Å²) in [4.78, 5) is 9.07. The lowest BCUT2D eigenvalue weighted by atomic mass is 10.1. The molecule has 2 rings (SSSR count). The average molecular weight is 371 g/mol. The van der Waals surface area contributed by atoms with Gasteiger partial charge in [0.25, 0.3) is 0 Å². The van der Waals surface area contributed by atoms with Gasteiger partial charge >= 0.3 is 0 Å². The molecule has 4 nitrogen and oxygen atoms in total. The predicted octanol–water partition coefficient (Wildman–Crippen LogP) is 5.85. The molecule has 0 radical (unpaired) electrons. The van der Waals surface area contributed by atoms with E-state index in [1.807, 2.05) is 43.6 Å². The predicted molar refractivity (Wildman–Crippen MR) is 111 cm³/mol. The Labute approximate surface area is 164 Å². The first-order valence-corrected chi connectivity index (χ1v) is 10.5. The highest BCUT2D eigenvalue weighted by Crippen LogP contribution is 2.19. The third-order valence-corrected chi connectivity index (χ3v) is 4.59. The van der Waals surface area contributed by atoms with Crippen molar-refractivity contribution in [3.05, 3.63) is 42.2 Å². The number of rotatable bonds is 14. The number of ether oxygens (including phenoxy) is 2. The highest BCUT2D eigenvalue weighted by atomic mass is 16.5. The Morgan fingerprint density at radius 3 is 2.11 bits per heavy atom. The van der Waals surface area contributed by atoms with Crippen LogP contribution in [0.15, 0.2) is 36.7 Å². The highest BCUT2D eigenvalue weighted by molar-refractivity contribution is 5.55. The van der Waals surface area contributed by atoms with Crippen LogP contribution in [0.5, 0.6) is 5.75 Å². The molecule has 0 aliphatic rings. The molecule has 0 unspecified atom stereocenters. The van der Waals surface area contributed by atoms with Crippen LogP contribution >= 0.6 is 0 Å². The van der Waals surface area contributed by atoms with E-state index in [4.69, 9.17) is 9.47 Å². The third-order valence-electron chi connectivity index (χ3n) is 4.59. The van der Waals surface area contributed by atoms with Crippen molar-refractivity contribution in [3.63, 3.8) is 0 Å². The first-order chi connectivity index (χ1) is 13.3. The minimum Gasteiger partial charge on any atom is -0.491 e. The van der Waals surface area contributed by atoms with Gasteiger partial charge < -0.3 is 9.47 Å². The molecular formula is C23H34N2O2. The number of benzene rings is 1. The van der Waals surface area contributed by atoms with Crippen molar-refractivity contribution in [3.8, 4) is 17.1 Å². The van der Waals surface area contributed by atoms with E-state index in [9.17, 15) is 0 Å². The Balaban J connectivity index is 1.72. The number of aryl methyl sites for hydroxylation is 1. The maximum atomic E-state index is 5.64. The Bertz CT molecular complexity index is 611. The van der Waals surface area contributed by atoms with Crippen molar-refractivity contribution in [1.82, 2.24) is 9.97 Å². The highest BCUT2D eigenvalue weighted by Gasteiger charge is 2.03. The molecule has 0 aliphatic heterocycles. The summed E-state index contributed by atoms with van der Waals surface area (Å²) in [5.74, 6) is 1.60. The van der Waals surface area contributed by atoms with Crippen LogP contribution in [0.1, 0.15) is 64.4 Å². The van der Waals surface area contributed by atoms with Crippen molar-refractivity contribution < 1.29 is 9.47 Å². The van der Waals surface area contributed by atoms with Gasteiger partial charge in [-0.15, -0.1) is 0 Å². The molecule has 1 aromatic heterocycles. The van der Waals surface area contributed by atoms with Gasteiger partial charge in [-0.1, -0.05) is 45.4 Å². The van der Waals surface area contributed by atoms with Gasteiger partial charge in [-0.3, -0.25) is 0 Å². The smallest absolute Gasteiger partial charge is 0.159 e. The molecular weight excluding hydrogens is 336 g/mol. The molecule has 0 N–H and O–H groups in total. The van der Waals surface area contributed by atoms with E-state index in [-0.39, 0.29) is 0 Å². The number of unbranched alkanes of at least 4 members (excludes halogenated alkanes) is 6. The summed E-state index contributed by atoms with van der Waals surface area (Å²) in [6.45, 7) is 6.14. The SMILES string of the molecule is CCCCCCCCCc1cnc(-c2ccc(OCCOCC)cc2)nc1. The Morgan fingerprint density at radius 1 is 0.778 bits per heavy atom. The second-order valence-corrected chi connectivity index (χ2v) is 6.86. The first-order valence-electron chi connectivity index (χ1n) is 10.5. The van der Waals surface area contributed by atoms with Crippen molar-refractivity contribution in [1.29, 1.82) is 0 Å². The van der Waals surface area contributed by atoms with Gasteiger partial charge in [0, 0.05) is 24.6 Å². The van der Waals surface area contributed by atoms with Crippen LogP contribution in [-0.2, 0) is 11.2 Å². The van der Waals surface area contributed by atoms with Crippen LogP contribution in [0, 0.1) is 0 Å². The lowest BCUT2D eigenvalue weighted by molar-refractivity contribution is 0.110. The van der Waals surface area contributed by atoms with Crippen LogP contribution in [-0.4, -0.2) is 29.8 Å². The van der Waals surface area contributed by atoms with E-state index in [0.717, 1.165) is 23.6 Å². The fourth-order valence-corrected chi connectivity index (χ4v) is 2.98. The second-order valence-electron chi connectivity index (χ2n) is 6.86. The molecule has 2 aromatic rings. The molecule has 0 saturated carbocycles.